The Balaban J connectivity index is 2.27. The molecule has 2 aromatic rings. The molecule has 1 amide bonds. The zero-order valence-corrected chi connectivity index (χ0v) is 9.61. The molecule has 6 heteroatoms. The summed E-state index contributed by atoms with van der Waals surface area (Å²) in [5, 5.41) is 9.58. The molecular formula is C11H13N5O. The van der Waals surface area contributed by atoms with Crippen molar-refractivity contribution in [1.29, 1.82) is 0 Å². The predicted octanol–water partition coefficient (Wildman–Crippen LogP) is 1.26. The summed E-state index contributed by atoms with van der Waals surface area (Å²) in [4.78, 5) is 15.8. The van der Waals surface area contributed by atoms with E-state index in [1.165, 1.54) is 12.4 Å². The van der Waals surface area contributed by atoms with Crippen molar-refractivity contribution in [2.75, 3.05) is 11.1 Å². The number of hydrogen-bond donors (Lipinski definition) is 3. The van der Waals surface area contributed by atoms with Crippen molar-refractivity contribution in [1.82, 2.24) is 15.2 Å². The van der Waals surface area contributed by atoms with Gasteiger partial charge in [-0.15, -0.1) is 0 Å². The zero-order valence-electron chi connectivity index (χ0n) is 9.61. The lowest BCUT2D eigenvalue weighted by Gasteiger charge is -2.06. The highest BCUT2D eigenvalue weighted by Crippen LogP contribution is 2.18. The third-order valence-corrected chi connectivity index (χ3v) is 2.46. The molecule has 17 heavy (non-hydrogen) atoms. The van der Waals surface area contributed by atoms with Crippen LogP contribution in [-0.4, -0.2) is 21.1 Å². The third-order valence-electron chi connectivity index (χ3n) is 2.46. The fourth-order valence-electron chi connectivity index (χ4n) is 1.53. The summed E-state index contributed by atoms with van der Waals surface area (Å²) in [6, 6.07) is 1.58. The van der Waals surface area contributed by atoms with Crippen LogP contribution in [0.25, 0.3) is 0 Å². The van der Waals surface area contributed by atoms with Crippen molar-refractivity contribution in [3.8, 4) is 0 Å². The molecule has 0 spiro atoms. The average molecular weight is 231 g/mol. The number of nitrogens with one attached hydrogen (secondary N) is 2. The van der Waals surface area contributed by atoms with Crippen LogP contribution in [0.3, 0.4) is 0 Å². The highest BCUT2D eigenvalue weighted by Gasteiger charge is 2.13. The second-order valence-corrected chi connectivity index (χ2v) is 3.73. The van der Waals surface area contributed by atoms with Gasteiger partial charge in [0.05, 0.1) is 34.5 Å². The number of carbonyl (C=O) groups is 1. The van der Waals surface area contributed by atoms with Crippen LogP contribution >= 0.6 is 0 Å². The van der Waals surface area contributed by atoms with Gasteiger partial charge in [-0.25, -0.2) is 0 Å². The number of nitrogens with zero attached hydrogens (tertiary/aromatic N) is 2. The van der Waals surface area contributed by atoms with Gasteiger partial charge in [-0.3, -0.25) is 14.9 Å². The number of anilines is 2. The molecule has 2 rings (SSSR count). The highest BCUT2D eigenvalue weighted by molar-refractivity contribution is 6.08. The molecule has 0 aliphatic carbocycles. The molecule has 0 aliphatic heterocycles. The van der Waals surface area contributed by atoms with Crippen LogP contribution in [0.5, 0.6) is 0 Å². The largest absolute Gasteiger partial charge is 0.397 e. The first-order valence-corrected chi connectivity index (χ1v) is 5.12. The van der Waals surface area contributed by atoms with Gasteiger partial charge in [0.25, 0.3) is 5.91 Å². The van der Waals surface area contributed by atoms with E-state index in [1.54, 1.807) is 6.07 Å². The number of aromatic nitrogens is 3. The Kier molecular flexibility index (Phi) is 2.78. The molecule has 0 saturated heterocycles. The van der Waals surface area contributed by atoms with Gasteiger partial charge < -0.3 is 11.1 Å². The molecule has 0 fully saturated rings. The van der Waals surface area contributed by atoms with Crippen LogP contribution in [-0.2, 0) is 0 Å². The van der Waals surface area contributed by atoms with E-state index in [0.717, 1.165) is 11.4 Å². The minimum atomic E-state index is -0.266. The molecule has 0 bridgehead atoms. The number of aryl methyl sites for hydroxylation is 2. The molecule has 2 aromatic heterocycles. The van der Waals surface area contributed by atoms with Gasteiger partial charge in [0.2, 0.25) is 0 Å². The number of carbonyl (C=O) groups excluding carboxylic acids is 1. The molecule has 88 valence electrons. The summed E-state index contributed by atoms with van der Waals surface area (Å²) in [5.74, 6) is -0.266. The summed E-state index contributed by atoms with van der Waals surface area (Å²) in [6.45, 7) is 3.65. The molecule has 6 nitrogen and oxygen atoms in total. The quantitative estimate of drug-likeness (QED) is 0.724. The lowest BCUT2D eigenvalue weighted by atomic mass is 10.2. The Morgan fingerprint density at radius 3 is 2.82 bits per heavy atom. The minimum absolute atomic E-state index is 0.266. The van der Waals surface area contributed by atoms with E-state index in [0.29, 0.717) is 16.9 Å². The maximum atomic E-state index is 12.0. The van der Waals surface area contributed by atoms with Crippen LogP contribution in [0, 0.1) is 13.8 Å². The van der Waals surface area contributed by atoms with E-state index >= 15 is 0 Å². The Morgan fingerprint density at radius 1 is 1.47 bits per heavy atom. The Labute approximate surface area is 98.3 Å². The first-order chi connectivity index (χ1) is 8.09. The summed E-state index contributed by atoms with van der Waals surface area (Å²) >= 11 is 0. The summed E-state index contributed by atoms with van der Waals surface area (Å²) < 4.78 is 0. The molecule has 2 heterocycles. The smallest absolute Gasteiger partial charge is 0.257 e. The van der Waals surface area contributed by atoms with Crippen molar-refractivity contribution < 1.29 is 4.79 Å². The van der Waals surface area contributed by atoms with Gasteiger partial charge in [-0.1, -0.05) is 0 Å². The van der Waals surface area contributed by atoms with E-state index in [9.17, 15) is 4.79 Å². The standard InChI is InChI=1S/C11H13N5O/c1-6-10(7(2)16-15-6)14-11(17)8-3-4-13-5-9(8)12/h3-5H,12H2,1-2H3,(H,14,17)(H,15,16). The Bertz CT molecular complexity index is 541. The molecular weight excluding hydrogens is 218 g/mol. The molecule has 0 aromatic carbocycles. The second-order valence-electron chi connectivity index (χ2n) is 3.73. The van der Waals surface area contributed by atoms with Crippen LogP contribution in [0.2, 0.25) is 0 Å². The van der Waals surface area contributed by atoms with Crippen molar-refractivity contribution in [2.24, 2.45) is 0 Å². The van der Waals surface area contributed by atoms with Crippen molar-refractivity contribution >= 4 is 17.3 Å². The molecule has 0 atom stereocenters. The number of nitrogen functional groups attached to an aromatic ring is 1. The van der Waals surface area contributed by atoms with E-state index < -0.39 is 0 Å². The van der Waals surface area contributed by atoms with Crippen LogP contribution in [0.15, 0.2) is 18.5 Å². The SMILES string of the molecule is Cc1n[nH]c(C)c1NC(=O)c1ccncc1N. The lowest BCUT2D eigenvalue weighted by Crippen LogP contribution is -2.15. The molecule has 0 unspecified atom stereocenters. The number of nitrogens with two attached hydrogens (primary N) is 1. The number of H-pyrrole nitrogens is 1. The average Bonchev–Trinajstić information content (AvgIpc) is 2.61. The molecule has 0 radical (unpaired) electrons. The summed E-state index contributed by atoms with van der Waals surface area (Å²) in [5.41, 5.74) is 8.67. The summed E-state index contributed by atoms with van der Waals surface area (Å²) in [6.07, 6.45) is 2.98. The van der Waals surface area contributed by atoms with Gasteiger partial charge in [-0.05, 0) is 19.9 Å². The van der Waals surface area contributed by atoms with Crippen molar-refractivity contribution in [2.45, 2.75) is 13.8 Å². The number of pyridine rings is 1. The topological polar surface area (TPSA) is 96.7 Å². The second kappa shape index (κ2) is 4.25. The van der Waals surface area contributed by atoms with Crippen LogP contribution in [0.4, 0.5) is 11.4 Å². The Morgan fingerprint density at radius 2 is 2.24 bits per heavy atom. The first-order valence-electron chi connectivity index (χ1n) is 5.12. The fraction of sp³-hybridized carbons (Fsp3) is 0.182. The third kappa shape index (κ3) is 2.10. The van der Waals surface area contributed by atoms with Crippen molar-refractivity contribution in [3.63, 3.8) is 0 Å². The summed E-state index contributed by atoms with van der Waals surface area (Å²) in [7, 11) is 0. The monoisotopic (exact) mass is 231 g/mol. The first kappa shape index (κ1) is 11.1. The number of aromatic amines is 1. The van der Waals surface area contributed by atoms with Crippen LogP contribution in [0.1, 0.15) is 21.7 Å². The fourth-order valence-corrected chi connectivity index (χ4v) is 1.53. The van der Waals surface area contributed by atoms with E-state index in [1.807, 2.05) is 13.8 Å². The lowest BCUT2D eigenvalue weighted by molar-refractivity contribution is 0.102. The van der Waals surface area contributed by atoms with Gasteiger partial charge in [0, 0.05) is 6.20 Å². The van der Waals surface area contributed by atoms with Gasteiger partial charge >= 0.3 is 0 Å². The number of amides is 1. The normalized spacial score (nSPS) is 10.2. The highest BCUT2D eigenvalue weighted by atomic mass is 16.1. The minimum Gasteiger partial charge on any atom is -0.397 e. The van der Waals surface area contributed by atoms with E-state index in [2.05, 4.69) is 20.5 Å². The Hall–Kier alpha value is -2.37. The predicted molar refractivity (Wildman–Crippen MR) is 64.7 cm³/mol. The van der Waals surface area contributed by atoms with Gasteiger partial charge in [-0.2, -0.15) is 5.10 Å². The maximum absolute atomic E-state index is 12.0. The maximum Gasteiger partial charge on any atom is 0.257 e. The molecule has 0 aliphatic rings. The number of rotatable bonds is 2. The van der Waals surface area contributed by atoms with Crippen LogP contribution < -0.4 is 11.1 Å². The van der Waals surface area contributed by atoms with E-state index in [4.69, 9.17) is 5.73 Å². The number of hydrogen-bond acceptors (Lipinski definition) is 4. The van der Waals surface area contributed by atoms with E-state index in [-0.39, 0.29) is 5.91 Å². The molecule has 4 N–H and O–H groups in total. The van der Waals surface area contributed by atoms with Gasteiger partial charge in [0.1, 0.15) is 0 Å². The van der Waals surface area contributed by atoms with Gasteiger partial charge in [0.15, 0.2) is 0 Å². The zero-order chi connectivity index (χ0) is 12.4. The van der Waals surface area contributed by atoms with Crippen molar-refractivity contribution in [3.05, 3.63) is 35.4 Å². The molecule has 0 saturated carbocycles.